The Labute approximate surface area is 144 Å². The Balaban J connectivity index is 2.31. The maximum Gasteiger partial charge on any atom is 0.337 e. The second-order valence-electron chi connectivity index (χ2n) is 5.44. The lowest BCUT2D eigenvalue weighted by Crippen LogP contribution is -2.12. The Morgan fingerprint density at radius 1 is 1.04 bits per heavy atom. The predicted octanol–water partition coefficient (Wildman–Crippen LogP) is 2.87. The minimum Gasteiger partial charge on any atom is -0.465 e. The quantitative estimate of drug-likeness (QED) is 0.530. The Bertz CT molecular complexity index is 1080. The molecule has 0 bridgehead atoms. The van der Waals surface area contributed by atoms with E-state index >= 15 is 0 Å². The lowest BCUT2D eigenvalue weighted by molar-refractivity contribution is 0.0600. The number of hydrogen-bond acceptors (Lipinski definition) is 5. The summed E-state index contributed by atoms with van der Waals surface area (Å²) in [5, 5.41) is 0.384. The molecule has 0 aliphatic carbocycles. The number of Topliss-reactive ketones (excluding diaryl/α,β-unsaturated/α-hetero) is 1. The fourth-order valence-electron chi connectivity index (χ4n) is 2.63. The molecule has 0 unspecified atom stereocenters. The van der Waals surface area contributed by atoms with Crippen molar-refractivity contribution in [2.75, 3.05) is 7.11 Å². The van der Waals surface area contributed by atoms with Crippen LogP contribution in [0, 0.1) is 0 Å². The third-order valence-electron chi connectivity index (χ3n) is 3.87. The zero-order valence-electron chi connectivity index (χ0n) is 13.6. The minimum atomic E-state index is -3.87. The third kappa shape index (κ3) is 2.83. The molecule has 0 aliphatic heterocycles. The fourth-order valence-corrected chi connectivity index (χ4v) is 4.02. The highest BCUT2D eigenvalue weighted by molar-refractivity contribution is 7.90. The van der Waals surface area contributed by atoms with E-state index in [1.165, 1.54) is 50.6 Å². The first-order chi connectivity index (χ1) is 11.9. The summed E-state index contributed by atoms with van der Waals surface area (Å²) < 4.78 is 31.6. The first-order valence-corrected chi connectivity index (χ1v) is 8.85. The molecule has 0 N–H and O–H groups in total. The van der Waals surface area contributed by atoms with Gasteiger partial charge < -0.3 is 4.74 Å². The zero-order valence-corrected chi connectivity index (χ0v) is 14.4. The van der Waals surface area contributed by atoms with Crippen molar-refractivity contribution in [3.63, 3.8) is 0 Å². The molecular weight excluding hydrogens is 342 g/mol. The molecule has 0 amide bonds. The van der Waals surface area contributed by atoms with Crippen LogP contribution in [0.5, 0.6) is 0 Å². The summed E-state index contributed by atoms with van der Waals surface area (Å²) in [4.78, 5) is 23.8. The molecular formula is C18H15NO5S. The number of esters is 1. The topological polar surface area (TPSA) is 82.4 Å². The first-order valence-electron chi connectivity index (χ1n) is 7.41. The number of benzene rings is 2. The van der Waals surface area contributed by atoms with Crippen molar-refractivity contribution in [1.29, 1.82) is 0 Å². The highest BCUT2D eigenvalue weighted by Crippen LogP contribution is 2.27. The van der Waals surface area contributed by atoms with Crippen molar-refractivity contribution in [2.45, 2.75) is 11.8 Å². The van der Waals surface area contributed by atoms with Gasteiger partial charge in [0.1, 0.15) is 0 Å². The number of rotatable bonds is 4. The van der Waals surface area contributed by atoms with Gasteiger partial charge in [0.15, 0.2) is 5.78 Å². The molecule has 0 fully saturated rings. The third-order valence-corrected chi connectivity index (χ3v) is 5.56. The lowest BCUT2D eigenvalue weighted by Gasteiger charge is -2.07. The molecule has 3 rings (SSSR count). The van der Waals surface area contributed by atoms with Gasteiger partial charge in [0.05, 0.1) is 23.1 Å². The number of carbonyl (C=O) groups is 2. The van der Waals surface area contributed by atoms with Crippen molar-refractivity contribution in [2.24, 2.45) is 0 Å². The molecule has 128 valence electrons. The molecule has 2 aromatic carbocycles. The number of hydrogen-bond donors (Lipinski definition) is 0. The van der Waals surface area contributed by atoms with Gasteiger partial charge >= 0.3 is 5.97 Å². The second kappa shape index (κ2) is 6.18. The van der Waals surface area contributed by atoms with Crippen molar-refractivity contribution in [3.8, 4) is 0 Å². The molecule has 1 heterocycles. The van der Waals surface area contributed by atoms with Crippen LogP contribution in [0.1, 0.15) is 27.6 Å². The number of ketones is 1. The molecule has 25 heavy (non-hydrogen) atoms. The smallest absolute Gasteiger partial charge is 0.337 e. The van der Waals surface area contributed by atoms with Gasteiger partial charge in [-0.15, -0.1) is 0 Å². The SMILES string of the molecule is COC(=O)c1ccc2c(c1)c(C(C)=O)cn2S(=O)(=O)c1ccccc1. The molecule has 0 atom stereocenters. The number of methoxy groups -OCH3 is 1. The van der Waals surface area contributed by atoms with Gasteiger partial charge in [-0.3, -0.25) is 4.79 Å². The normalized spacial score (nSPS) is 11.4. The Hall–Kier alpha value is -2.93. The number of carbonyl (C=O) groups excluding carboxylic acids is 2. The number of ether oxygens (including phenoxy) is 1. The van der Waals surface area contributed by atoms with E-state index in [-0.39, 0.29) is 21.8 Å². The molecule has 0 aliphatic rings. The molecule has 0 spiro atoms. The summed E-state index contributed by atoms with van der Waals surface area (Å²) in [7, 11) is -2.62. The maximum absolute atomic E-state index is 12.9. The van der Waals surface area contributed by atoms with E-state index in [0.29, 0.717) is 10.9 Å². The van der Waals surface area contributed by atoms with Crippen molar-refractivity contribution < 1.29 is 22.7 Å². The summed E-state index contributed by atoms with van der Waals surface area (Å²) in [5.74, 6) is -0.857. The lowest BCUT2D eigenvalue weighted by atomic mass is 10.1. The monoisotopic (exact) mass is 357 g/mol. The standard InChI is InChI=1S/C18H15NO5S/c1-12(20)16-11-19(25(22,23)14-6-4-3-5-7-14)17-9-8-13(10-15(16)17)18(21)24-2/h3-11H,1-2H3. The molecule has 0 saturated carbocycles. The van der Waals surface area contributed by atoms with Gasteiger partial charge in [0, 0.05) is 17.1 Å². The van der Waals surface area contributed by atoms with Gasteiger partial charge in [-0.25, -0.2) is 17.2 Å². The molecule has 7 heteroatoms. The average molecular weight is 357 g/mol. The first kappa shape index (κ1) is 16.9. The van der Waals surface area contributed by atoms with Gasteiger partial charge in [0.25, 0.3) is 10.0 Å². The van der Waals surface area contributed by atoms with Crippen LogP contribution in [0.25, 0.3) is 10.9 Å². The van der Waals surface area contributed by atoms with Crippen LogP contribution in [0.3, 0.4) is 0 Å². The van der Waals surface area contributed by atoms with Crippen molar-refractivity contribution in [1.82, 2.24) is 3.97 Å². The van der Waals surface area contributed by atoms with E-state index in [1.54, 1.807) is 18.2 Å². The summed E-state index contributed by atoms with van der Waals surface area (Å²) in [6, 6.07) is 12.4. The average Bonchev–Trinajstić information content (AvgIpc) is 3.01. The van der Waals surface area contributed by atoms with Crippen LogP contribution in [0.2, 0.25) is 0 Å². The summed E-state index contributed by atoms with van der Waals surface area (Å²) in [5.41, 5.74) is 0.786. The molecule has 0 saturated heterocycles. The highest BCUT2D eigenvalue weighted by atomic mass is 32.2. The van der Waals surface area contributed by atoms with Crippen LogP contribution in [0.15, 0.2) is 59.6 Å². The molecule has 0 radical (unpaired) electrons. The molecule has 3 aromatic rings. The van der Waals surface area contributed by atoms with Crippen molar-refractivity contribution >= 4 is 32.7 Å². The van der Waals surface area contributed by atoms with E-state index in [9.17, 15) is 18.0 Å². The van der Waals surface area contributed by atoms with Crippen LogP contribution in [0.4, 0.5) is 0 Å². The van der Waals surface area contributed by atoms with Gasteiger partial charge in [-0.05, 0) is 37.3 Å². The van der Waals surface area contributed by atoms with Gasteiger partial charge in [-0.1, -0.05) is 18.2 Å². The van der Waals surface area contributed by atoms with Crippen LogP contribution in [-0.2, 0) is 14.8 Å². The van der Waals surface area contributed by atoms with Gasteiger partial charge in [0.2, 0.25) is 0 Å². The Kier molecular flexibility index (Phi) is 4.18. The summed E-state index contributed by atoms with van der Waals surface area (Å²) in [6.07, 6.45) is 1.29. The molecule has 1 aromatic heterocycles. The number of fused-ring (bicyclic) bond motifs is 1. The van der Waals surface area contributed by atoms with E-state index in [2.05, 4.69) is 4.74 Å². The fraction of sp³-hybridized carbons (Fsp3) is 0.111. The zero-order chi connectivity index (χ0) is 18.2. The second-order valence-corrected chi connectivity index (χ2v) is 7.25. The Morgan fingerprint density at radius 2 is 1.72 bits per heavy atom. The van der Waals surface area contributed by atoms with E-state index in [0.717, 1.165) is 3.97 Å². The minimum absolute atomic E-state index is 0.110. The largest absolute Gasteiger partial charge is 0.465 e. The van der Waals surface area contributed by atoms with Gasteiger partial charge in [-0.2, -0.15) is 0 Å². The number of aromatic nitrogens is 1. The van der Waals surface area contributed by atoms with Crippen LogP contribution >= 0.6 is 0 Å². The Morgan fingerprint density at radius 3 is 2.32 bits per heavy atom. The summed E-state index contributed by atoms with van der Waals surface area (Å²) in [6.45, 7) is 1.35. The molecule has 6 nitrogen and oxygen atoms in total. The van der Waals surface area contributed by atoms with Crippen molar-refractivity contribution in [3.05, 3.63) is 65.9 Å². The highest BCUT2D eigenvalue weighted by Gasteiger charge is 2.23. The van der Waals surface area contributed by atoms with E-state index in [1.807, 2.05) is 0 Å². The summed E-state index contributed by atoms with van der Waals surface area (Å²) >= 11 is 0. The maximum atomic E-state index is 12.9. The van der Waals surface area contributed by atoms with Crippen LogP contribution in [-0.4, -0.2) is 31.3 Å². The van der Waals surface area contributed by atoms with E-state index < -0.39 is 16.0 Å². The predicted molar refractivity (Wildman–Crippen MR) is 92.3 cm³/mol. The van der Waals surface area contributed by atoms with Crippen LogP contribution < -0.4 is 0 Å². The number of nitrogens with zero attached hydrogens (tertiary/aromatic N) is 1. The van der Waals surface area contributed by atoms with E-state index in [4.69, 9.17) is 0 Å².